The van der Waals surface area contributed by atoms with E-state index in [1.165, 1.54) is 31.5 Å². The SMILES string of the molecule is COc1ccc(N)c(Sc2nnc(C3CC3)n2C2CC2)c1. The maximum Gasteiger partial charge on any atom is 0.196 e. The van der Waals surface area contributed by atoms with E-state index in [0.717, 1.165) is 21.5 Å². The van der Waals surface area contributed by atoms with Gasteiger partial charge in [-0.05, 0) is 55.6 Å². The summed E-state index contributed by atoms with van der Waals surface area (Å²) in [6, 6.07) is 6.30. The molecule has 5 nitrogen and oxygen atoms in total. The van der Waals surface area contributed by atoms with Crippen molar-refractivity contribution in [3.63, 3.8) is 0 Å². The van der Waals surface area contributed by atoms with E-state index < -0.39 is 0 Å². The summed E-state index contributed by atoms with van der Waals surface area (Å²) < 4.78 is 7.61. The van der Waals surface area contributed by atoms with Crippen LogP contribution in [-0.4, -0.2) is 21.9 Å². The van der Waals surface area contributed by atoms with Gasteiger partial charge in [-0.15, -0.1) is 10.2 Å². The van der Waals surface area contributed by atoms with Gasteiger partial charge in [0.05, 0.1) is 7.11 Å². The van der Waals surface area contributed by atoms with Crippen LogP contribution in [0, 0.1) is 0 Å². The lowest BCUT2D eigenvalue weighted by molar-refractivity contribution is 0.414. The van der Waals surface area contributed by atoms with E-state index in [1.807, 2.05) is 18.2 Å². The summed E-state index contributed by atoms with van der Waals surface area (Å²) in [6.45, 7) is 0. The maximum absolute atomic E-state index is 6.08. The zero-order valence-electron chi connectivity index (χ0n) is 12.0. The van der Waals surface area contributed by atoms with E-state index in [9.17, 15) is 0 Å². The van der Waals surface area contributed by atoms with Crippen molar-refractivity contribution in [1.29, 1.82) is 0 Å². The Kier molecular flexibility index (Phi) is 3.06. The van der Waals surface area contributed by atoms with Gasteiger partial charge in [-0.3, -0.25) is 0 Å². The monoisotopic (exact) mass is 302 g/mol. The van der Waals surface area contributed by atoms with Crippen molar-refractivity contribution < 1.29 is 4.74 Å². The highest BCUT2D eigenvalue weighted by Gasteiger charge is 2.36. The Labute approximate surface area is 127 Å². The third kappa shape index (κ3) is 2.48. The second-order valence-corrected chi connectivity index (χ2v) is 6.73. The molecule has 2 aliphatic carbocycles. The molecule has 1 aromatic carbocycles. The molecular formula is C15H18N4OS. The number of hydrogen-bond acceptors (Lipinski definition) is 5. The van der Waals surface area contributed by atoms with Crippen LogP contribution in [0.3, 0.4) is 0 Å². The van der Waals surface area contributed by atoms with Crippen LogP contribution in [0.1, 0.15) is 43.5 Å². The molecule has 0 bridgehead atoms. The van der Waals surface area contributed by atoms with Crippen molar-refractivity contribution in [2.75, 3.05) is 12.8 Å². The molecule has 0 unspecified atom stereocenters. The Balaban J connectivity index is 1.68. The first-order valence-electron chi connectivity index (χ1n) is 7.32. The fourth-order valence-corrected chi connectivity index (χ4v) is 3.46. The molecule has 2 saturated carbocycles. The molecule has 0 radical (unpaired) electrons. The fourth-order valence-electron chi connectivity index (χ4n) is 2.48. The first kappa shape index (κ1) is 13.0. The number of aromatic nitrogens is 3. The third-order valence-electron chi connectivity index (χ3n) is 3.97. The molecule has 4 rings (SSSR count). The van der Waals surface area contributed by atoms with Crippen molar-refractivity contribution >= 4 is 17.4 Å². The standard InChI is InChI=1S/C15H18N4OS/c1-20-11-6-7-12(16)13(8-11)21-15-18-17-14(9-2-3-9)19(15)10-4-5-10/h6-10H,2-5,16H2,1H3. The number of hydrogen-bond donors (Lipinski definition) is 1. The van der Waals surface area contributed by atoms with E-state index in [0.29, 0.717) is 12.0 Å². The second kappa shape index (κ2) is 4.94. The van der Waals surface area contributed by atoms with Crippen molar-refractivity contribution in [1.82, 2.24) is 14.8 Å². The van der Waals surface area contributed by atoms with Crippen molar-refractivity contribution in [2.24, 2.45) is 0 Å². The number of nitrogen functional groups attached to an aromatic ring is 1. The number of rotatable bonds is 5. The van der Waals surface area contributed by atoms with Gasteiger partial charge in [0.25, 0.3) is 0 Å². The lowest BCUT2D eigenvalue weighted by Gasteiger charge is -2.10. The molecule has 1 heterocycles. The van der Waals surface area contributed by atoms with Crippen LogP contribution in [0.25, 0.3) is 0 Å². The van der Waals surface area contributed by atoms with E-state index in [4.69, 9.17) is 10.5 Å². The molecular weight excluding hydrogens is 284 g/mol. The van der Waals surface area contributed by atoms with Crippen LogP contribution in [0.5, 0.6) is 5.75 Å². The number of ether oxygens (including phenoxy) is 1. The number of anilines is 1. The van der Waals surface area contributed by atoms with Gasteiger partial charge >= 0.3 is 0 Å². The number of nitrogens with zero attached hydrogens (tertiary/aromatic N) is 3. The molecule has 2 aliphatic rings. The number of nitrogens with two attached hydrogens (primary N) is 1. The minimum absolute atomic E-state index is 0.588. The van der Waals surface area contributed by atoms with Crippen LogP contribution < -0.4 is 10.5 Å². The zero-order chi connectivity index (χ0) is 14.4. The minimum atomic E-state index is 0.588. The molecule has 0 aliphatic heterocycles. The molecule has 2 fully saturated rings. The Morgan fingerprint density at radius 2 is 2.05 bits per heavy atom. The Bertz CT molecular complexity index is 676. The normalized spacial score (nSPS) is 18.0. The Morgan fingerprint density at radius 1 is 1.24 bits per heavy atom. The summed E-state index contributed by atoms with van der Waals surface area (Å²) in [5.74, 6) is 2.60. The highest BCUT2D eigenvalue weighted by Crippen LogP contribution is 2.47. The van der Waals surface area contributed by atoms with Gasteiger partial charge in [0.2, 0.25) is 0 Å². The van der Waals surface area contributed by atoms with Crippen LogP contribution in [0.4, 0.5) is 5.69 Å². The topological polar surface area (TPSA) is 66.0 Å². The molecule has 110 valence electrons. The van der Waals surface area contributed by atoms with Crippen molar-refractivity contribution in [3.8, 4) is 5.75 Å². The van der Waals surface area contributed by atoms with Crippen LogP contribution in [0.15, 0.2) is 28.3 Å². The molecule has 21 heavy (non-hydrogen) atoms. The first-order valence-corrected chi connectivity index (χ1v) is 8.14. The Hall–Kier alpha value is -1.69. The summed E-state index contributed by atoms with van der Waals surface area (Å²) in [4.78, 5) is 0.978. The lowest BCUT2D eigenvalue weighted by Crippen LogP contribution is -2.02. The van der Waals surface area contributed by atoms with Gasteiger partial charge in [0, 0.05) is 22.5 Å². The average Bonchev–Trinajstić information content (AvgIpc) is 3.40. The predicted molar refractivity (Wildman–Crippen MR) is 81.8 cm³/mol. The largest absolute Gasteiger partial charge is 0.497 e. The highest BCUT2D eigenvalue weighted by molar-refractivity contribution is 7.99. The average molecular weight is 302 g/mol. The van der Waals surface area contributed by atoms with E-state index in [-0.39, 0.29) is 0 Å². The maximum atomic E-state index is 6.08. The second-order valence-electron chi connectivity index (χ2n) is 5.72. The van der Waals surface area contributed by atoms with Gasteiger partial charge in [0.1, 0.15) is 11.6 Å². The van der Waals surface area contributed by atoms with E-state index in [1.54, 1.807) is 18.9 Å². The van der Waals surface area contributed by atoms with Crippen LogP contribution in [-0.2, 0) is 0 Å². The first-order chi connectivity index (χ1) is 10.3. The van der Waals surface area contributed by atoms with Gasteiger partial charge in [-0.25, -0.2) is 0 Å². The third-order valence-corrected chi connectivity index (χ3v) is 5.00. The Morgan fingerprint density at radius 3 is 2.71 bits per heavy atom. The molecule has 0 saturated heterocycles. The zero-order valence-corrected chi connectivity index (χ0v) is 12.8. The van der Waals surface area contributed by atoms with Gasteiger partial charge < -0.3 is 15.0 Å². The molecule has 1 aromatic heterocycles. The summed E-state index contributed by atoms with van der Waals surface area (Å²) in [5, 5.41) is 9.80. The van der Waals surface area contributed by atoms with Gasteiger partial charge in [-0.1, -0.05) is 0 Å². The highest BCUT2D eigenvalue weighted by atomic mass is 32.2. The van der Waals surface area contributed by atoms with Crippen LogP contribution in [0.2, 0.25) is 0 Å². The number of methoxy groups -OCH3 is 1. The summed E-state index contributed by atoms with van der Waals surface area (Å²) >= 11 is 1.59. The molecule has 0 spiro atoms. The molecule has 6 heteroatoms. The molecule has 0 atom stereocenters. The van der Waals surface area contributed by atoms with Crippen molar-refractivity contribution in [3.05, 3.63) is 24.0 Å². The van der Waals surface area contributed by atoms with Crippen molar-refractivity contribution in [2.45, 2.75) is 47.7 Å². The summed E-state index contributed by atoms with van der Waals surface area (Å²) in [5.41, 5.74) is 6.83. The summed E-state index contributed by atoms with van der Waals surface area (Å²) in [6.07, 6.45) is 4.96. The molecule has 2 aromatic rings. The molecule has 2 N–H and O–H groups in total. The minimum Gasteiger partial charge on any atom is -0.497 e. The van der Waals surface area contributed by atoms with Gasteiger partial charge in [-0.2, -0.15) is 0 Å². The smallest absolute Gasteiger partial charge is 0.196 e. The van der Waals surface area contributed by atoms with E-state index >= 15 is 0 Å². The quantitative estimate of drug-likeness (QED) is 0.859. The summed E-state index contributed by atoms with van der Waals surface area (Å²) in [7, 11) is 1.66. The molecule has 0 amide bonds. The fraction of sp³-hybridized carbons (Fsp3) is 0.467. The lowest BCUT2D eigenvalue weighted by atomic mass is 10.3. The van der Waals surface area contributed by atoms with Gasteiger partial charge in [0.15, 0.2) is 5.16 Å². The van der Waals surface area contributed by atoms with Crippen LogP contribution >= 0.6 is 11.8 Å². The predicted octanol–water partition coefficient (Wildman–Crippen LogP) is 3.23. The van der Waals surface area contributed by atoms with E-state index in [2.05, 4.69) is 14.8 Å². The number of benzene rings is 1.